The number of hydrogen-bond acceptors (Lipinski definition) is 3. The van der Waals surface area contributed by atoms with Gasteiger partial charge in [-0.25, -0.2) is 9.67 Å². The summed E-state index contributed by atoms with van der Waals surface area (Å²) < 4.78 is 39.6. The summed E-state index contributed by atoms with van der Waals surface area (Å²) in [4.78, 5) is 4.25. The van der Waals surface area contributed by atoms with Crippen LogP contribution in [0.4, 0.5) is 13.2 Å². The first-order valence-corrected chi connectivity index (χ1v) is 6.23. The van der Waals surface area contributed by atoms with Crippen molar-refractivity contribution in [1.29, 1.82) is 0 Å². The Kier molecular flexibility index (Phi) is 3.01. The van der Waals surface area contributed by atoms with Crippen LogP contribution in [-0.4, -0.2) is 26.0 Å². The normalized spacial score (nSPS) is 18.9. The molecule has 0 radical (unpaired) electrons. The zero-order valence-electron chi connectivity index (χ0n) is 10.4. The molecule has 0 saturated heterocycles. The number of aryl methyl sites for hydroxylation is 1. The monoisotopic (exact) mass is 283 g/mol. The van der Waals surface area contributed by atoms with Gasteiger partial charge in [-0.2, -0.15) is 18.3 Å². The van der Waals surface area contributed by atoms with Gasteiger partial charge in [0.05, 0.1) is 18.2 Å². The zero-order valence-corrected chi connectivity index (χ0v) is 10.4. The minimum Gasteiger partial charge on any atom is -0.391 e. The van der Waals surface area contributed by atoms with Crippen LogP contribution < -0.4 is 0 Å². The fourth-order valence-corrected chi connectivity index (χ4v) is 2.25. The summed E-state index contributed by atoms with van der Waals surface area (Å²) in [5.74, 6) is 0.961. The molecule has 7 heteroatoms. The molecule has 1 N–H and O–H groups in total. The Morgan fingerprint density at radius 3 is 2.85 bits per heavy atom. The molecular weight excluding hydrogens is 271 g/mol. The van der Waals surface area contributed by atoms with Crippen LogP contribution in [0.15, 0.2) is 24.3 Å². The summed E-state index contributed by atoms with van der Waals surface area (Å²) in [5, 5.41) is 13.7. The summed E-state index contributed by atoms with van der Waals surface area (Å²) in [7, 11) is 0. The maximum Gasteiger partial charge on any atom is 0.416 e. The van der Waals surface area contributed by atoms with Gasteiger partial charge in [0.1, 0.15) is 5.82 Å². The minimum atomic E-state index is -4.38. The number of nitrogens with zero attached hydrogens (tertiary/aromatic N) is 3. The minimum absolute atomic E-state index is 0.264. The fraction of sp³-hybridized carbons (Fsp3) is 0.385. The third kappa shape index (κ3) is 2.40. The van der Waals surface area contributed by atoms with Gasteiger partial charge in [0, 0.05) is 12.0 Å². The number of fused-ring (bicyclic) bond motifs is 1. The summed E-state index contributed by atoms with van der Waals surface area (Å²) in [5.41, 5.74) is -0.390. The van der Waals surface area contributed by atoms with Crippen molar-refractivity contribution in [3.05, 3.63) is 35.7 Å². The number of aromatic nitrogens is 3. The number of rotatable bonds is 1. The van der Waals surface area contributed by atoms with E-state index in [1.807, 2.05) is 0 Å². The highest BCUT2D eigenvalue weighted by atomic mass is 19.4. The molecule has 3 rings (SSSR count). The maximum absolute atomic E-state index is 12.7. The van der Waals surface area contributed by atoms with Crippen molar-refractivity contribution in [3.8, 4) is 11.4 Å². The van der Waals surface area contributed by atoms with Crippen LogP contribution in [0, 0.1) is 0 Å². The number of benzene rings is 1. The van der Waals surface area contributed by atoms with E-state index in [1.165, 1.54) is 6.07 Å². The van der Waals surface area contributed by atoms with Gasteiger partial charge in [0.2, 0.25) is 0 Å². The SMILES string of the molecule is OC1CCc2nc(-c3cccc(C(F)(F)F)c3)nn2C1. The maximum atomic E-state index is 12.7. The van der Waals surface area contributed by atoms with Crippen LogP contribution >= 0.6 is 0 Å². The average Bonchev–Trinajstić information content (AvgIpc) is 2.81. The second-order valence-corrected chi connectivity index (χ2v) is 4.80. The molecule has 0 amide bonds. The van der Waals surface area contributed by atoms with E-state index in [0.717, 1.165) is 12.1 Å². The highest BCUT2D eigenvalue weighted by molar-refractivity contribution is 5.56. The summed E-state index contributed by atoms with van der Waals surface area (Å²) in [6.45, 7) is 0.335. The van der Waals surface area contributed by atoms with Crippen molar-refractivity contribution in [1.82, 2.24) is 14.8 Å². The van der Waals surface area contributed by atoms with Crippen molar-refractivity contribution < 1.29 is 18.3 Å². The van der Waals surface area contributed by atoms with Crippen molar-refractivity contribution in [2.75, 3.05) is 0 Å². The number of aliphatic hydroxyl groups excluding tert-OH is 1. The van der Waals surface area contributed by atoms with Crippen molar-refractivity contribution in [2.24, 2.45) is 0 Å². The molecular formula is C13H12F3N3O. The third-order valence-corrected chi connectivity index (χ3v) is 3.28. The first kappa shape index (κ1) is 13.1. The lowest BCUT2D eigenvalue weighted by Gasteiger charge is -2.16. The lowest BCUT2D eigenvalue weighted by atomic mass is 10.1. The molecule has 1 aromatic carbocycles. The first-order valence-electron chi connectivity index (χ1n) is 6.23. The van der Waals surface area contributed by atoms with E-state index in [-0.39, 0.29) is 5.82 Å². The molecule has 1 atom stereocenters. The largest absolute Gasteiger partial charge is 0.416 e. The molecule has 0 aliphatic carbocycles. The van der Waals surface area contributed by atoms with Crippen LogP contribution in [0.2, 0.25) is 0 Å². The second-order valence-electron chi connectivity index (χ2n) is 4.80. The topological polar surface area (TPSA) is 50.9 Å². The zero-order chi connectivity index (χ0) is 14.3. The summed E-state index contributed by atoms with van der Waals surface area (Å²) in [6, 6.07) is 4.95. The Morgan fingerprint density at radius 1 is 1.30 bits per heavy atom. The lowest BCUT2D eigenvalue weighted by molar-refractivity contribution is -0.137. The van der Waals surface area contributed by atoms with E-state index in [9.17, 15) is 18.3 Å². The third-order valence-electron chi connectivity index (χ3n) is 3.28. The first-order chi connectivity index (χ1) is 9.43. The smallest absolute Gasteiger partial charge is 0.391 e. The van der Waals surface area contributed by atoms with Crippen molar-refractivity contribution in [2.45, 2.75) is 31.7 Å². The Morgan fingerprint density at radius 2 is 2.10 bits per heavy atom. The molecule has 1 aliphatic rings. The predicted octanol–water partition coefficient (Wildman–Crippen LogP) is 2.27. The molecule has 4 nitrogen and oxygen atoms in total. The van der Waals surface area contributed by atoms with Crippen molar-refractivity contribution >= 4 is 0 Å². The predicted molar refractivity (Wildman–Crippen MR) is 64.8 cm³/mol. The van der Waals surface area contributed by atoms with Crippen LogP contribution in [0.3, 0.4) is 0 Å². The Labute approximate surface area is 112 Å². The molecule has 0 fully saturated rings. The quantitative estimate of drug-likeness (QED) is 0.873. The van der Waals surface area contributed by atoms with Gasteiger partial charge in [0.15, 0.2) is 5.82 Å². The Balaban J connectivity index is 1.98. The molecule has 2 heterocycles. The van der Waals surface area contributed by atoms with Gasteiger partial charge in [0.25, 0.3) is 0 Å². The molecule has 0 bridgehead atoms. The molecule has 2 aromatic rings. The number of halogens is 3. The van der Waals surface area contributed by atoms with Gasteiger partial charge in [-0.1, -0.05) is 12.1 Å². The van der Waals surface area contributed by atoms with E-state index in [4.69, 9.17) is 0 Å². The highest BCUT2D eigenvalue weighted by Gasteiger charge is 2.31. The Bertz CT molecular complexity index is 636. The summed E-state index contributed by atoms with van der Waals surface area (Å²) in [6.07, 6.45) is -3.68. The van der Waals surface area contributed by atoms with E-state index < -0.39 is 17.8 Å². The fourth-order valence-electron chi connectivity index (χ4n) is 2.25. The molecule has 1 unspecified atom stereocenters. The van der Waals surface area contributed by atoms with Gasteiger partial charge in [-0.05, 0) is 18.6 Å². The van der Waals surface area contributed by atoms with Crippen LogP contribution in [0.5, 0.6) is 0 Å². The molecule has 20 heavy (non-hydrogen) atoms. The number of alkyl halides is 3. The van der Waals surface area contributed by atoms with Crippen LogP contribution in [-0.2, 0) is 19.1 Å². The standard InChI is InChI=1S/C13H12F3N3O/c14-13(15,16)9-3-1-2-8(6-9)12-17-11-5-4-10(20)7-19(11)18-12/h1-3,6,10,20H,4-5,7H2. The molecule has 0 spiro atoms. The number of aliphatic hydroxyl groups is 1. The van der Waals surface area contributed by atoms with Crippen molar-refractivity contribution in [3.63, 3.8) is 0 Å². The summed E-state index contributed by atoms with van der Waals surface area (Å²) >= 11 is 0. The van der Waals surface area contributed by atoms with Gasteiger partial charge in [-0.15, -0.1) is 0 Å². The van der Waals surface area contributed by atoms with Crippen LogP contribution in [0.1, 0.15) is 17.8 Å². The average molecular weight is 283 g/mol. The van der Waals surface area contributed by atoms with Gasteiger partial charge >= 0.3 is 6.18 Å². The number of hydrogen-bond donors (Lipinski definition) is 1. The molecule has 106 valence electrons. The molecule has 0 saturated carbocycles. The molecule has 1 aliphatic heterocycles. The van der Waals surface area contributed by atoms with Gasteiger partial charge in [-0.3, -0.25) is 0 Å². The van der Waals surface area contributed by atoms with Crippen LogP contribution in [0.25, 0.3) is 11.4 Å². The van der Waals surface area contributed by atoms with E-state index in [1.54, 1.807) is 10.7 Å². The highest BCUT2D eigenvalue weighted by Crippen LogP contribution is 2.31. The van der Waals surface area contributed by atoms with Gasteiger partial charge < -0.3 is 5.11 Å². The Hall–Kier alpha value is -1.89. The van der Waals surface area contributed by atoms with E-state index in [2.05, 4.69) is 10.1 Å². The van der Waals surface area contributed by atoms with E-state index in [0.29, 0.717) is 30.8 Å². The lowest BCUT2D eigenvalue weighted by Crippen LogP contribution is -2.25. The molecule has 1 aromatic heterocycles. The van der Waals surface area contributed by atoms with E-state index >= 15 is 0 Å². The second kappa shape index (κ2) is 4.59.